The fourth-order valence-corrected chi connectivity index (χ4v) is 3.27. The highest BCUT2D eigenvalue weighted by Gasteiger charge is 2.19. The molecule has 0 aliphatic heterocycles. The van der Waals surface area contributed by atoms with Crippen LogP contribution >= 0.6 is 11.6 Å². The first-order valence-electron chi connectivity index (χ1n) is 8.63. The number of aromatic nitrogens is 5. The van der Waals surface area contributed by atoms with Crippen LogP contribution in [0, 0.1) is 11.3 Å². The zero-order valence-corrected chi connectivity index (χ0v) is 16.0. The average molecular weight is 407 g/mol. The largest absolute Gasteiger partial charge is 0.368 e. The normalized spacial score (nSPS) is 11.9. The molecule has 29 heavy (non-hydrogen) atoms. The van der Waals surface area contributed by atoms with Gasteiger partial charge in [-0.1, -0.05) is 29.8 Å². The highest BCUT2D eigenvalue weighted by molar-refractivity contribution is 6.29. The summed E-state index contributed by atoms with van der Waals surface area (Å²) in [6.07, 6.45) is 2.77. The molecule has 0 saturated carbocycles. The first kappa shape index (κ1) is 18.5. The first-order valence-corrected chi connectivity index (χ1v) is 9.01. The van der Waals surface area contributed by atoms with E-state index in [1.165, 1.54) is 21.4 Å². The van der Waals surface area contributed by atoms with Gasteiger partial charge < -0.3 is 11.1 Å². The van der Waals surface area contributed by atoms with Crippen molar-refractivity contribution in [2.75, 3.05) is 11.1 Å². The standard InChI is InChI=1S/C19H15ClN8O/c1-11(25-17-12(8-21)9-24-18(22)26-17)14-7-16-23-10-15(20)28(16)19(29)27(14)13-5-3-2-4-6-13/h2-7,9-11H,1H3,(H3,22,24,25,26). The number of nitriles is 1. The Labute approximate surface area is 170 Å². The van der Waals surface area contributed by atoms with Crippen LogP contribution in [0.15, 0.2) is 53.6 Å². The van der Waals surface area contributed by atoms with Gasteiger partial charge in [0.2, 0.25) is 5.95 Å². The van der Waals surface area contributed by atoms with Crippen LogP contribution in [-0.4, -0.2) is 23.9 Å². The van der Waals surface area contributed by atoms with Crippen LogP contribution < -0.4 is 16.7 Å². The maximum atomic E-state index is 13.2. The molecule has 3 N–H and O–H groups in total. The lowest BCUT2D eigenvalue weighted by Crippen LogP contribution is -2.30. The van der Waals surface area contributed by atoms with Gasteiger partial charge in [0.25, 0.3) is 0 Å². The van der Waals surface area contributed by atoms with Crippen molar-refractivity contribution in [2.24, 2.45) is 0 Å². The van der Waals surface area contributed by atoms with Crippen molar-refractivity contribution in [2.45, 2.75) is 13.0 Å². The van der Waals surface area contributed by atoms with Gasteiger partial charge in [0.1, 0.15) is 28.3 Å². The number of fused-ring (bicyclic) bond motifs is 1. The van der Waals surface area contributed by atoms with Crippen molar-refractivity contribution < 1.29 is 0 Å². The van der Waals surface area contributed by atoms with Gasteiger partial charge in [-0.05, 0) is 19.1 Å². The van der Waals surface area contributed by atoms with Crippen molar-refractivity contribution in [1.82, 2.24) is 23.9 Å². The Kier molecular flexibility index (Phi) is 4.62. The van der Waals surface area contributed by atoms with Gasteiger partial charge in [-0.15, -0.1) is 0 Å². The molecule has 4 aromatic rings. The summed E-state index contributed by atoms with van der Waals surface area (Å²) in [5.41, 5.74) is 7.23. The summed E-state index contributed by atoms with van der Waals surface area (Å²) >= 11 is 6.16. The molecule has 0 saturated heterocycles. The minimum Gasteiger partial charge on any atom is -0.368 e. The van der Waals surface area contributed by atoms with Crippen molar-refractivity contribution in [3.63, 3.8) is 0 Å². The Hall–Kier alpha value is -3.90. The molecule has 0 bridgehead atoms. The number of nitrogens with one attached hydrogen (secondary N) is 1. The van der Waals surface area contributed by atoms with Gasteiger partial charge in [0, 0.05) is 6.07 Å². The Bertz CT molecular complexity index is 1310. The third kappa shape index (κ3) is 3.26. The van der Waals surface area contributed by atoms with Gasteiger partial charge in [-0.3, -0.25) is 4.57 Å². The van der Waals surface area contributed by atoms with Crippen LogP contribution in [0.5, 0.6) is 0 Å². The maximum Gasteiger partial charge on any atom is 0.339 e. The van der Waals surface area contributed by atoms with Crippen LogP contribution in [-0.2, 0) is 0 Å². The number of para-hydroxylation sites is 1. The zero-order chi connectivity index (χ0) is 20.5. The molecule has 0 spiro atoms. The lowest BCUT2D eigenvalue weighted by atomic mass is 10.2. The number of imidazole rings is 1. The summed E-state index contributed by atoms with van der Waals surface area (Å²) in [5.74, 6) is 0.315. The fourth-order valence-electron chi connectivity index (χ4n) is 3.06. The molecule has 1 unspecified atom stereocenters. The van der Waals surface area contributed by atoms with Gasteiger partial charge >= 0.3 is 5.69 Å². The molecule has 0 amide bonds. The van der Waals surface area contributed by atoms with Crippen LogP contribution in [0.3, 0.4) is 0 Å². The second-order valence-electron chi connectivity index (χ2n) is 6.27. The van der Waals surface area contributed by atoms with Crippen LogP contribution in [0.2, 0.25) is 5.15 Å². The number of rotatable bonds is 4. The third-order valence-corrected chi connectivity index (χ3v) is 4.67. The summed E-state index contributed by atoms with van der Waals surface area (Å²) in [6.45, 7) is 1.84. The highest BCUT2D eigenvalue weighted by Crippen LogP contribution is 2.24. The van der Waals surface area contributed by atoms with E-state index in [-0.39, 0.29) is 28.2 Å². The predicted molar refractivity (Wildman–Crippen MR) is 109 cm³/mol. The molecule has 3 heterocycles. The van der Waals surface area contributed by atoms with Crippen molar-refractivity contribution in [1.29, 1.82) is 5.26 Å². The Morgan fingerprint density at radius 2 is 2.00 bits per heavy atom. The van der Waals surface area contributed by atoms with E-state index < -0.39 is 6.04 Å². The third-order valence-electron chi connectivity index (χ3n) is 4.40. The van der Waals surface area contributed by atoms with E-state index in [4.69, 9.17) is 17.3 Å². The summed E-state index contributed by atoms with van der Waals surface area (Å²) < 4.78 is 2.86. The Morgan fingerprint density at radius 3 is 2.72 bits per heavy atom. The van der Waals surface area contributed by atoms with E-state index in [2.05, 4.69) is 20.3 Å². The van der Waals surface area contributed by atoms with E-state index in [1.54, 1.807) is 6.07 Å². The second kappa shape index (κ2) is 7.26. The van der Waals surface area contributed by atoms with E-state index in [1.807, 2.05) is 43.3 Å². The SMILES string of the molecule is CC(Nc1nc(N)ncc1C#N)c1cc2ncc(Cl)n2c(=O)n1-c1ccccc1. The number of nitrogens with two attached hydrogens (primary N) is 1. The average Bonchev–Trinajstić information content (AvgIpc) is 3.09. The number of hydrogen-bond acceptors (Lipinski definition) is 7. The number of halogens is 1. The number of benzene rings is 1. The first-order chi connectivity index (χ1) is 14.0. The highest BCUT2D eigenvalue weighted by atomic mass is 35.5. The molecule has 1 atom stereocenters. The molecule has 10 heteroatoms. The fraction of sp³-hybridized carbons (Fsp3) is 0.105. The summed E-state index contributed by atoms with van der Waals surface area (Å²) in [5, 5.41) is 12.7. The summed E-state index contributed by atoms with van der Waals surface area (Å²) in [4.78, 5) is 25.4. The zero-order valence-electron chi connectivity index (χ0n) is 15.2. The van der Waals surface area contributed by atoms with Gasteiger partial charge in [-0.2, -0.15) is 10.2 Å². The lowest BCUT2D eigenvalue weighted by molar-refractivity contribution is 0.738. The van der Waals surface area contributed by atoms with Crippen LogP contribution in [0.4, 0.5) is 11.8 Å². The number of nitrogens with zero attached hydrogens (tertiary/aromatic N) is 6. The molecule has 0 aliphatic carbocycles. The molecule has 3 aromatic heterocycles. The molecule has 0 radical (unpaired) electrons. The smallest absolute Gasteiger partial charge is 0.339 e. The monoisotopic (exact) mass is 406 g/mol. The minimum atomic E-state index is -0.426. The Morgan fingerprint density at radius 1 is 1.24 bits per heavy atom. The van der Waals surface area contributed by atoms with Crippen molar-refractivity contribution >= 4 is 29.0 Å². The molecule has 1 aromatic carbocycles. The molecular formula is C19H15ClN8O. The molecule has 0 fully saturated rings. The van der Waals surface area contributed by atoms with Gasteiger partial charge in [0.05, 0.1) is 29.8 Å². The van der Waals surface area contributed by atoms with Gasteiger partial charge in [0.15, 0.2) is 0 Å². The van der Waals surface area contributed by atoms with Crippen molar-refractivity contribution in [3.8, 4) is 11.8 Å². The van der Waals surface area contributed by atoms with E-state index in [0.717, 1.165) is 0 Å². The van der Waals surface area contributed by atoms with Gasteiger partial charge in [-0.25, -0.2) is 19.2 Å². The minimum absolute atomic E-state index is 0.0367. The molecule has 4 rings (SSSR count). The van der Waals surface area contributed by atoms with Crippen molar-refractivity contribution in [3.05, 3.63) is 75.7 Å². The topological polar surface area (TPSA) is 127 Å². The molecule has 0 aliphatic rings. The maximum absolute atomic E-state index is 13.2. The second-order valence-corrected chi connectivity index (χ2v) is 6.65. The van der Waals surface area contributed by atoms with Crippen LogP contribution in [0.1, 0.15) is 24.2 Å². The molecule has 144 valence electrons. The van der Waals surface area contributed by atoms with E-state index in [9.17, 15) is 10.1 Å². The van der Waals surface area contributed by atoms with Crippen LogP contribution in [0.25, 0.3) is 11.3 Å². The van der Waals surface area contributed by atoms with E-state index in [0.29, 0.717) is 17.0 Å². The lowest BCUT2D eigenvalue weighted by Gasteiger charge is -2.21. The Balaban J connectivity index is 1.90. The number of anilines is 2. The quantitative estimate of drug-likeness (QED) is 0.533. The number of nitrogen functional groups attached to an aromatic ring is 1. The molecular weight excluding hydrogens is 392 g/mol. The summed E-state index contributed by atoms with van der Waals surface area (Å²) in [6, 6.07) is 12.5. The summed E-state index contributed by atoms with van der Waals surface area (Å²) in [7, 11) is 0. The number of hydrogen-bond donors (Lipinski definition) is 2. The van der Waals surface area contributed by atoms with E-state index >= 15 is 0 Å². The molecule has 9 nitrogen and oxygen atoms in total. The predicted octanol–water partition coefficient (Wildman–Crippen LogP) is 2.56.